The molecule has 2 aromatic carbocycles. The van der Waals surface area contributed by atoms with Crippen molar-refractivity contribution in [2.75, 3.05) is 5.73 Å². The second-order valence-electron chi connectivity index (χ2n) is 4.82. The summed E-state index contributed by atoms with van der Waals surface area (Å²) in [7, 11) is 0. The molecule has 7 heteroatoms. The standard InChI is InChI=1S/C15H11ClN4O2/c1-8-11(9-2-4-10(16)5-3-9)6-12-13(14(8)20(21)22)18-7-19-15(12)17/h2-7H,1H3,(H2,17,18,19). The molecule has 0 atom stereocenters. The van der Waals surface area contributed by atoms with Crippen molar-refractivity contribution in [1.82, 2.24) is 9.97 Å². The van der Waals surface area contributed by atoms with Crippen molar-refractivity contribution in [1.29, 1.82) is 0 Å². The Morgan fingerprint density at radius 3 is 2.55 bits per heavy atom. The molecule has 0 saturated carbocycles. The van der Waals surface area contributed by atoms with Crippen molar-refractivity contribution in [3.05, 3.63) is 57.4 Å². The molecule has 0 unspecified atom stereocenters. The number of rotatable bonds is 2. The number of nitro benzene ring substituents is 1. The lowest BCUT2D eigenvalue weighted by Crippen LogP contribution is -2.01. The Kier molecular flexibility index (Phi) is 3.38. The number of benzene rings is 2. The average Bonchev–Trinajstić information content (AvgIpc) is 2.47. The van der Waals surface area contributed by atoms with Gasteiger partial charge in [0.2, 0.25) is 0 Å². The summed E-state index contributed by atoms with van der Waals surface area (Å²) in [5.74, 6) is 0.211. The molecule has 22 heavy (non-hydrogen) atoms. The van der Waals surface area contributed by atoms with Crippen molar-refractivity contribution < 1.29 is 4.92 Å². The second kappa shape index (κ2) is 5.23. The molecule has 0 spiro atoms. The number of hydrogen-bond donors (Lipinski definition) is 1. The Balaban J connectivity index is 2.41. The number of nitrogens with two attached hydrogens (primary N) is 1. The fourth-order valence-electron chi connectivity index (χ4n) is 2.45. The number of hydrogen-bond acceptors (Lipinski definition) is 5. The zero-order valence-corrected chi connectivity index (χ0v) is 12.3. The van der Waals surface area contributed by atoms with Gasteiger partial charge in [-0.3, -0.25) is 10.1 Å². The predicted molar refractivity (Wildman–Crippen MR) is 85.8 cm³/mol. The van der Waals surface area contributed by atoms with Gasteiger partial charge in [-0.2, -0.15) is 0 Å². The van der Waals surface area contributed by atoms with Gasteiger partial charge in [0.1, 0.15) is 12.1 Å². The van der Waals surface area contributed by atoms with Gasteiger partial charge < -0.3 is 5.73 Å². The number of nitrogens with zero attached hydrogens (tertiary/aromatic N) is 3. The van der Waals surface area contributed by atoms with Crippen LogP contribution in [0.25, 0.3) is 22.0 Å². The number of fused-ring (bicyclic) bond motifs is 1. The zero-order valence-electron chi connectivity index (χ0n) is 11.6. The SMILES string of the molecule is Cc1c(-c2ccc(Cl)cc2)cc2c(N)ncnc2c1[N+](=O)[O-]. The fraction of sp³-hybridized carbons (Fsp3) is 0.0667. The van der Waals surface area contributed by atoms with Crippen LogP contribution in [0, 0.1) is 17.0 Å². The summed E-state index contributed by atoms with van der Waals surface area (Å²) in [5, 5.41) is 12.5. The van der Waals surface area contributed by atoms with Crippen LogP contribution < -0.4 is 5.73 Å². The van der Waals surface area contributed by atoms with Gasteiger partial charge in [-0.05, 0) is 36.2 Å². The second-order valence-corrected chi connectivity index (χ2v) is 5.25. The summed E-state index contributed by atoms with van der Waals surface area (Å²) in [5.41, 5.74) is 8.08. The highest BCUT2D eigenvalue weighted by Gasteiger charge is 2.22. The van der Waals surface area contributed by atoms with Gasteiger partial charge in [-0.1, -0.05) is 23.7 Å². The Labute approximate surface area is 130 Å². The largest absolute Gasteiger partial charge is 0.383 e. The van der Waals surface area contributed by atoms with Crippen LogP contribution in [0.4, 0.5) is 11.5 Å². The molecule has 0 radical (unpaired) electrons. The van der Waals surface area contributed by atoms with Crippen LogP contribution in [-0.4, -0.2) is 14.9 Å². The monoisotopic (exact) mass is 314 g/mol. The topological polar surface area (TPSA) is 94.9 Å². The van der Waals surface area contributed by atoms with E-state index in [0.717, 1.165) is 5.56 Å². The predicted octanol–water partition coefficient (Wildman–Crippen LogP) is 3.75. The van der Waals surface area contributed by atoms with Crippen LogP contribution >= 0.6 is 11.6 Å². The van der Waals surface area contributed by atoms with E-state index in [1.807, 2.05) is 0 Å². The van der Waals surface area contributed by atoms with Gasteiger partial charge in [0.25, 0.3) is 5.69 Å². The van der Waals surface area contributed by atoms with Gasteiger partial charge in [0.05, 0.1) is 10.3 Å². The van der Waals surface area contributed by atoms with Crippen molar-refractivity contribution in [2.24, 2.45) is 0 Å². The van der Waals surface area contributed by atoms with Crippen LogP contribution in [0.1, 0.15) is 5.56 Å². The molecule has 0 aliphatic carbocycles. The summed E-state index contributed by atoms with van der Waals surface area (Å²) in [6, 6.07) is 8.85. The third-order valence-corrected chi connectivity index (χ3v) is 3.78. The molecular weight excluding hydrogens is 304 g/mol. The Bertz CT molecular complexity index is 894. The first-order valence-corrected chi connectivity index (χ1v) is 6.81. The van der Waals surface area contributed by atoms with Crippen LogP contribution in [0.2, 0.25) is 5.02 Å². The lowest BCUT2D eigenvalue weighted by Gasteiger charge is -2.10. The Morgan fingerprint density at radius 1 is 1.23 bits per heavy atom. The molecule has 0 saturated heterocycles. The van der Waals surface area contributed by atoms with Crippen molar-refractivity contribution >= 4 is 34.0 Å². The normalized spacial score (nSPS) is 10.8. The number of aromatic nitrogens is 2. The van der Waals surface area contributed by atoms with E-state index in [1.54, 1.807) is 37.3 Å². The highest BCUT2D eigenvalue weighted by atomic mass is 35.5. The Hall–Kier alpha value is -2.73. The average molecular weight is 315 g/mol. The van der Waals surface area contributed by atoms with E-state index < -0.39 is 4.92 Å². The maximum absolute atomic E-state index is 11.5. The minimum absolute atomic E-state index is 0.0587. The molecule has 1 heterocycles. The summed E-state index contributed by atoms with van der Waals surface area (Å²) >= 11 is 5.89. The molecule has 3 rings (SSSR count). The van der Waals surface area contributed by atoms with E-state index in [0.29, 0.717) is 21.5 Å². The van der Waals surface area contributed by atoms with E-state index in [9.17, 15) is 10.1 Å². The molecule has 1 aromatic heterocycles. The van der Waals surface area contributed by atoms with Gasteiger partial charge in [0.15, 0.2) is 5.52 Å². The van der Waals surface area contributed by atoms with Crippen LogP contribution in [-0.2, 0) is 0 Å². The molecule has 110 valence electrons. The highest BCUT2D eigenvalue weighted by molar-refractivity contribution is 6.30. The van der Waals surface area contributed by atoms with Crippen molar-refractivity contribution in [2.45, 2.75) is 6.92 Å². The van der Waals surface area contributed by atoms with Crippen LogP contribution in [0.15, 0.2) is 36.7 Å². The maximum atomic E-state index is 11.5. The Morgan fingerprint density at radius 2 is 1.91 bits per heavy atom. The number of nitro groups is 1. The fourth-order valence-corrected chi connectivity index (χ4v) is 2.58. The minimum atomic E-state index is -0.441. The summed E-state index contributed by atoms with van der Waals surface area (Å²) in [4.78, 5) is 19.0. The van der Waals surface area contributed by atoms with Crippen molar-refractivity contribution in [3.63, 3.8) is 0 Å². The molecule has 0 fully saturated rings. The molecule has 6 nitrogen and oxygen atoms in total. The first kappa shape index (κ1) is 14.2. The van der Waals surface area contributed by atoms with Gasteiger partial charge in [-0.25, -0.2) is 9.97 Å². The maximum Gasteiger partial charge on any atom is 0.299 e. The van der Waals surface area contributed by atoms with Gasteiger partial charge in [-0.15, -0.1) is 0 Å². The van der Waals surface area contributed by atoms with Crippen LogP contribution in [0.5, 0.6) is 0 Å². The number of anilines is 1. The number of nitrogen functional groups attached to an aromatic ring is 1. The summed E-state index contributed by atoms with van der Waals surface area (Å²) < 4.78 is 0. The summed E-state index contributed by atoms with van der Waals surface area (Å²) in [6.45, 7) is 1.69. The zero-order chi connectivity index (χ0) is 15.9. The van der Waals surface area contributed by atoms with E-state index in [4.69, 9.17) is 17.3 Å². The molecule has 0 bridgehead atoms. The van der Waals surface area contributed by atoms with E-state index in [2.05, 4.69) is 9.97 Å². The minimum Gasteiger partial charge on any atom is -0.383 e. The smallest absolute Gasteiger partial charge is 0.299 e. The molecular formula is C15H11ClN4O2. The lowest BCUT2D eigenvalue weighted by molar-refractivity contribution is -0.383. The quantitative estimate of drug-likeness (QED) is 0.574. The third kappa shape index (κ3) is 2.23. The van der Waals surface area contributed by atoms with Gasteiger partial charge in [0, 0.05) is 10.6 Å². The molecule has 3 aromatic rings. The molecule has 0 amide bonds. The van der Waals surface area contributed by atoms with Gasteiger partial charge >= 0.3 is 0 Å². The number of halogens is 1. The molecule has 2 N–H and O–H groups in total. The van der Waals surface area contributed by atoms with E-state index in [-0.39, 0.29) is 17.0 Å². The lowest BCUT2D eigenvalue weighted by atomic mass is 9.96. The first-order chi connectivity index (χ1) is 10.5. The van der Waals surface area contributed by atoms with Crippen LogP contribution in [0.3, 0.4) is 0 Å². The summed E-state index contributed by atoms with van der Waals surface area (Å²) in [6.07, 6.45) is 1.23. The van der Waals surface area contributed by atoms with E-state index >= 15 is 0 Å². The highest BCUT2D eigenvalue weighted by Crippen LogP contribution is 2.37. The van der Waals surface area contributed by atoms with Crippen molar-refractivity contribution in [3.8, 4) is 11.1 Å². The first-order valence-electron chi connectivity index (χ1n) is 6.43. The van der Waals surface area contributed by atoms with E-state index in [1.165, 1.54) is 6.33 Å². The molecule has 0 aliphatic rings. The third-order valence-electron chi connectivity index (χ3n) is 3.52. The molecule has 0 aliphatic heterocycles.